The highest BCUT2D eigenvalue weighted by atomic mass is 35.5. The molecular weight excluding hydrogens is 336 g/mol. The second kappa shape index (κ2) is 8.08. The number of carbonyl (C=O) groups is 2. The van der Waals surface area contributed by atoms with Crippen LogP contribution in [0.25, 0.3) is 10.6 Å². The number of amides is 1. The first-order chi connectivity index (χ1) is 11.0. The molecule has 2 rings (SSSR count). The van der Waals surface area contributed by atoms with E-state index in [0.29, 0.717) is 18.0 Å². The van der Waals surface area contributed by atoms with Crippen molar-refractivity contribution in [3.05, 3.63) is 39.9 Å². The highest BCUT2D eigenvalue weighted by Gasteiger charge is 2.10. The topological polar surface area (TPSA) is 68.3 Å². The van der Waals surface area contributed by atoms with E-state index in [0.717, 1.165) is 21.1 Å². The van der Waals surface area contributed by atoms with Crippen molar-refractivity contribution in [2.45, 2.75) is 20.3 Å². The molecule has 0 saturated heterocycles. The SMILES string of the molecule is CC(=O)OCC(=O)NCCc1sc(-c2ccc(Cl)cc2)nc1C. The molecule has 1 amide bonds. The van der Waals surface area contributed by atoms with Crippen LogP contribution in [0.1, 0.15) is 17.5 Å². The van der Waals surface area contributed by atoms with E-state index in [1.54, 1.807) is 11.3 Å². The first kappa shape index (κ1) is 17.4. The Hall–Kier alpha value is -1.92. The number of hydrogen-bond donors (Lipinski definition) is 1. The molecule has 0 bridgehead atoms. The van der Waals surface area contributed by atoms with E-state index in [9.17, 15) is 9.59 Å². The van der Waals surface area contributed by atoms with E-state index in [4.69, 9.17) is 11.6 Å². The Morgan fingerprint density at radius 2 is 2.00 bits per heavy atom. The number of nitrogens with zero attached hydrogens (tertiary/aromatic N) is 1. The smallest absolute Gasteiger partial charge is 0.303 e. The van der Waals surface area contributed by atoms with Gasteiger partial charge in [-0.05, 0) is 19.1 Å². The summed E-state index contributed by atoms with van der Waals surface area (Å²) >= 11 is 7.49. The molecule has 0 aliphatic rings. The van der Waals surface area contributed by atoms with Gasteiger partial charge in [-0.25, -0.2) is 4.98 Å². The molecule has 7 heteroatoms. The fourth-order valence-corrected chi connectivity index (χ4v) is 3.10. The van der Waals surface area contributed by atoms with Gasteiger partial charge >= 0.3 is 5.97 Å². The Labute approximate surface area is 143 Å². The van der Waals surface area contributed by atoms with Gasteiger partial charge < -0.3 is 10.1 Å². The van der Waals surface area contributed by atoms with E-state index in [1.807, 2.05) is 31.2 Å². The zero-order valence-electron chi connectivity index (χ0n) is 12.9. The zero-order chi connectivity index (χ0) is 16.8. The third-order valence-electron chi connectivity index (χ3n) is 3.06. The molecular formula is C16H17ClN2O3S. The quantitative estimate of drug-likeness (QED) is 0.811. The van der Waals surface area contributed by atoms with E-state index in [2.05, 4.69) is 15.0 Å². The van der Waals surface area contributed by atoms with Gasteiger partial charge in [-0.15, -0.1) is 11.3 Å². The second-order valence-corrected chi connectivity index (χ2v) is 6.43. The maximum absolute atomic E-state index is 11.5. The van der Waals surface area contributed by atoms with Crippen LogP contribution in [-0.2, 0) is 20.7 Å². The molecule has 2 aromatic rings. The fraction of sp³-hybridized carbons (Fsp3) is 0.312. The first-order valence-electron chi connectivity index (χ1n) is 7.08. The Bertz CT molecular complexity index is 698. The van der Waals surface area contributed by atoms with Crippen LogP contribution in [0.4, 0.5) is 0 Å². The standard InChI is InChI=1S/C16H17ClN2O3S/c1-10-14(7-8-18-15(21)9-22-11(2)20)23-16(19-10)12-3-5-13(17)6-4-12/h3-6H,7-9H2,1-2H3,(H,18,21). The lowest BCUT2D eigenvalue weighted by molar-refractivity contribution is -0.146. The van der Waals surface area contributed by atoms with Crippen LogP contribution >= 0.6 is 22.9 Å². The minimum Gasteiger partial charge on any atom is -0.456 e. The molecule has 0 aliphatic heterocycles. The number of esters is 1. The Kier molecular flexibility index (Phi) is 6.12. The average Bonchev–Trinajstić information content (AvgIpc) is 2.87. The van der Waals surface area contributed by atoms with Crippen molar-refractivity contribution in [2.24, 2.45) is 0 Å². The molecule has 0 aliphatic carbocycles. The van der Waals surface area contributed by atoms with Crippen LogP contribution in [0, 0.1) is 6.92 Å². The number of rotatable bonds is 6. The normalized spacial score (nSPS) is 10.4. The summed E-state index contributed by atoms with van der Waals surface area (Å²) in [6.07, 6.45) is 0.683. The van der Waals surface area contributed by atoms with Gasteiger partial charge in [0.05, 0.1) is 5.69 Å². The lowest BCUT2D eigenvalue weighted by atomic mass is 10.2. The number of thiazole rings is 1. The van der Waals surface area contributed by atoms with Crippen molar-refractivity contribution in [3.8, 4) is 10.6 Å². The first-order valence-corrected chi connectivity index (χ1v) is 8.27. The number of nitrogens with one attached hydrogen (secondary N) is 1. The summed E-state index contributed by atoms with van der Waals surface area (Å²) in [5.41, 5.74) is 1.97. The van der Waals surface area contributed by atoms with E-state index in [1.165, 1.54) is 6.92 Å². The summed E-state index contributed by atoms with van der Waals surface area (Å²) in [6, 6.07) is 7.54. The van der Waals surface area contributed by atoms with Crippen LogP contribution in [-0.4, -0.2) is 30.0 Å². The maximum Gasteiger partial charge on any atom is 0.303 e. The number of ether oxygens (including phenoxy) is 1. The predicted octanol–water partition coefficient (Wildman–Crippen LogP) is 2.99. The van der Waals surface area contributed by atoms with Crippen LogP contribution in [0.3, 0.4) is 0 Å². The van der Waals surface area contributed by atoms with E-state index >= 15 is 0 Å². The van der Waals surface area contributed by atoms with Crippen molar-refractivity contribution < 1.29 is 14.3 Å². The van der Waals surface area contributed by atoms with Gasteiger partial charge in [-0.1, -0.05) is 23.7 Å². The van der Waals surface area contributed by atoms with Gasteiger partial charge in [0.2, 0.25) is 0 Å². The number of aryl methyl sites for hydroxylation is 1. The van der Waals surface area contributed by atoms with Crippen molar-refractivity contribution in [1.29, 1.82) is 0 Å². The predicted molar refractivity (Wildman–Crippen MR) is 90.6 cm³/mol. The lowest BCUT2D eigenvalue weighted by Gasteiger charge is -2.04. The van der Waals surface area contributed by atoms with Crippen molar-refractivity contribution in [3.63, 3.8) is 0 Å². The molecule has 0 fully saturated rings. The van der Waals surface area contributed by atoms with Crippen molar-refractivity contribution in [1.82, 2.24) is 10.3 Å². The largest absolute Gasteiger partial charge is 0.456 e. The molecule has 0 radical (unpaired) electrons. The number of aromatic nitrogens is 1. The van der Waals surface area contributed by atoms with Gasteiger partial charge in [-0.3, -0.25) is 9.59 Å². The van der Waals surface area contributed by atoms with Crippen molar-refractivity contribution >= 4 is 34.8 Å². The molecule has 0 saturated carbocycles. The minimum absolute atomic E-state index is 0.243. The monoisotopic (exact) mass is 352 g/mol. The van der Waals surface area contributed by atoms with Crippen LogP contribution < -0.4 is 5.32 Å². The fourth-order valence-electron chi connectivity index (χ4n) is 1.91. The summed E-state index contributed by atoms with van der Waals surface area (Å²) in [4.78, 5) is 27.8. The molecule has 0 atom stereocenters. The molecule has 5 nitrogen and oxygen atoms in total. The number of halogens is 1. The van der Waals surface area contributed by atoms with Crippen molar-refractivity contribution in [2.75, 3.05) is 13.2 Å². The highest BCUT2D eigenvalue weighted by molar-refractivity contribution is 7.15. The lowest BCUT2D eigenvalue weighted by Crippen LogP contribution is -2.30. The Morgan fingerprint density at radius 1 is 1.30 bits per heavy atom. The van der Waals surface area contributed by atoms with Gasteiger partial charge in [0, 0.05) is 35.4 Å². The molecule has 1 aromatic heterocycles. The van der Waals surface area contributed by atoms with Gasteiger partial charge in [0.15, 0.2) is 6.61 Å². The molecule has 0 spiro atoms. The Morgan fingerprint density at radius 3 is 2.65 bits per heavy atom. The third-order valence-corrected chi connectivity index (χ3v) is 4.58. The number of carbonyl (C=O) groups excluding carboxylic acids is 2. The third kappa shape index (κ3) is 5.33. The molecule has 122 valence electrons. The molecule has 0 unspecified atom stereocenters. The second-order valence-electron chi connectivity index (χ2n) is 4.91. The van der Waals surface area contributed by atoms with Crippen LogP contribution in [0.5, 0.6) is 0 Å². The summed E-state index contributed by atoms with van der Waals surface area (Å²) in [5, 5.41) is 4.34. The Balaban J connectivity index is 1.90. The summed E-state index contributed by atoms with van der Waals surface area (Å²) in [7, 11) is 0. The number of benzene rings is 1. The summed E-state index contributed by atoms with van der Waals surface area (Å²) in [5.74, 6) is -0.772. The van der Waals surface area contributed by atoms with Crippen LogP contribution in [0.2, 0.25) is 5.02 Å². The highest BCUT2D eigenvalue weighted by Crippen LogP contribution is 2.28. The van der Waals surface area contributed by atoms with Crippen LogP contribution in [0.15, 0.2) is 24.3 Å². The maximum atomic E-state index is 11.5. The molecule has 1 aromatic carbocycles. The molecule has 1 N–H and O–H groups in total. The summed E-state index contributed by atoms with van der Waals surface area (Å²) < 4.78 is 4.63. The zero-order valence-corrected chi connectivity index (χ0v) is 14.5. The molecule has 23 heavy (non-hydrogen) atoms. The molecule has 1 heterocycles. The van der Waals surface area contributed by atoms with Gasteiger partial charge in [-0.2, -0.15) is 0 Å². The minimum atomic E-state index is -0.467. The number of hydrogen-bond acceptors (Lipinski definition) is 5. The van der Waals surface area contributed by atoms with E-state index < -0.39 is 5.97 Å². The van der Waals surface area contributed by atoms with E-state index in [-0.39, 0.29) is 12.5 Å². The average molecular weight is 353 g/mol. The van der Waals surface area contributed by atoms with Gasteiger partial charge in [0.1, 0.15) is 5.01 Å². The van der Waals surface area contributed by atoms with Gasteiger partial charge in [0.25, 0.3) is 5.91 Å². The summed E-state index contributed by atoms with van der Waals surface area (Å²) in [6.45, 7) is 3.45.